The lowest BCUT2D eigenvalue weighted by molar-refractivity contribution is 0.199. The molecule has 0 aliphatic heterocycles. The van der Waals surface area contributed by atoms with Gasteiger partial charge in [0, 0.05) is 11.0 Å². The highest BCUT2D eigenvalue weighted by molar-refractivity contribution is 4.85. The van der Waals surface area contributed by atoms with E-state index in [0.717, 1.165) is 12.3 Å². The van der Waals surface area contributed by atoms with Crippen LogP contribution >= 0.6 is 0 Å². The minimum atomic E-state index is 0.244. The normalized spacial score (nSPS) is 34.3. The SMILES string of the molecule is CC1CC[C@H](C(C)C)[C@@H](N=[N+]=[N-])C1. The Morgan fingerprint density at radius 1 is 1.38 bits per heavy atom. The summed E-state index contributed by atoms with van der Waals surface area (Å²) in [4.78, 5) is 2.95. The molecule has 74 valence electrons. The van der Waals surface area contributed by atoms with Gasteiger partial charge in [0.05, 0.1) is 0 Å². The summed E-state index contributed by atoms with van der Waals surface area (Å²) in [5.41, 5.74) is 8.46. The highest BCUT2D eigenvalue weighted by Crippen LogP contribution is 2.35. The molecular weight excluding hydrogens is 162 g/mol. The van der Waals surface area contributed by atoms with E-state index in [1.807, 2.05) is 0 Å². The Bertz CT molecular complexity index is 206. The van der Waals surface area contributed by atoms with Gasteiger partial charge in [0.2, 0.25) is 0 Å². The molecule has 1 aliphatic rings. The standard InChI is InChI=1S/C10H19N3/c1-7(2)9-5-4-8(3)6-10(9)12-13-11/h7-10H,4-6H2,1-3H3/t8?,9-,10+/m1/s1. The van der Waals surface area contributed by atoms with E-state index < -0.39 is 0 Å². The maximum absolute atomic E-state index is 8.46. The van der Waals surface area contributed by atoms with Crippen molar-refractivity contribution in [1.82, 2.24) is 0 Å². The van der Waals surface area contributed by atoms with Crippen LogP contribution in [0.4, 0.5) is 0 Å². The molecule has 0 aromatic carbocycles. The lowest BCUT2D eigenvalue weighted by atomic mass is 9.74. The molecule has 1 aliphatic carbocycles. The highest BCUT2D eigenvalue weighted by Gasteiger charge is 2.29. The Morgan fingerprint density at radius 3 is 2.62 bits per heavy atom. The van der Waals surface area contributed by atoms with Crippen LogP contribution in [0.3, 0.4) is 0 Å². The monoisotopic (exact) mass is 181 g/mol. The molecule has 0 bridgehead atoms. The van der Waals surface area contributed by atoms with Crippen LogP contribution in [0.15, 0.2) is 5.11 Å². The van der Waals surface area contributed by atoms with Gasteiger partial charge in [0.15, 0.2) is 0 Å². The van der Waals surface area contributed by atoms with Crippen LogP contribution in [0.5, 0.6) is 0 Å². The zero-order chi connectivity index (χ0) is 9.84. The molecule has 3 heteroatoms. The van der Waals surface area contributed by atoms with Gasteiger partial charge in [-0.15, -0.1) is 0 Å². The third-order valence-corrected chi connectivity index (χ3v) is 3.19. The zero-order valence-electron chi connectivity index (χ0n) is 8.77. The van der Waals surface area contributed by atoms with Crippen LogP contribution in [0.2, 0.25) is 0 Å². The first-order valence-electron chi connectivity index (χ1n) is 5.19. The first-order valence-corrected chi connectivity index (χ1v) is 5.19. The fraction of sp³-hybridized carbons (Fsp3) is 1.00. The second-order valence-electron chi connectivity index (χ2n) is 4.60. The summed E-state index contributed by atoms with van der Waals surface area (Å²) in [7, 11) is 0. The van der Waals surface area contributed by atoms with Crippen molar-refractivity contribution in [3.05, 3.63) is 10.4 Å². The molecule has 1 fully saturated rings. The molecule has 0 aromatic rings. The predicted molar refractivity (Wildman–Crippen MR) is 54.3 cm³/mol. The van der Waals surface area contributed by atoms with Gasteiger partial charge in [-0.3, -0.25) is 0 Å². The van der Waals surface area contributed by atoms with Crippen LogP contribution in [0.25, 0.3) is 10.4 Å². The summed E-state index contributed by atoms with van der Waals surface area (Å²) in [5, 5.41) is 3.92. The smallest absolute Gasteiger partial charge is 0.0407 e. The molecule has 0 heterocycles. The Hall–Kier alpha value is -0.690. The van der Waals surface area contributed by atoms with Crippen molar-refractivity contribution >= 4 is 0 Å². The van der Waals surface area contributed by atoms with E-state index in [2.05, 4.69) is 30.8 Å². The molecule has 0 aromatic heterocycles. The third-order valence-electron chi connectivity index (χ3n) is 3.19. The molecule has 13 heavy (non-hydrogen) atoms. The van der Waals surface area contributed by atoms with Crippen LogP contribution < -0.4 is 0 Å². The average molecular weight is 181 g/mol. The van der Waals surface area contributed by atoms with Gasteiger partial charge in [0.1, 0.15) is 0 Å². The molecule has 1 rings (SSSR count). The first kappa shape index (κ1) is 10.4. The number of rotatable bonds is 2. The lowest BCUT2D eigenvalue weighted by Crippen LogP contribution is -2.30. The average Bonchev–Trinajstić information content (AvgIpc) is 2.04. The Morgan fingerprint density at radius 2 is 2.08 bits per heavy atom. The highest BCUT2D eigenvalue weighted by atomic mass is 15.2. The van der Waals surface area contributed by atoms with Gasteiger partial charge in [-0.05, 0) is 36.1 Å². The summed E-state index contributed by atoms with van der Waals surface area (Å²) >= 11 is 0. The van der Waals surface area contributed by atoms with E-state index in [1.165, 1.54) is 12.8 Å². The van der Waals surface area contributed by atoms with Crippen molar-refractivity contribution in [2.45, 2.75) is 46.1 Å². The largest absolute Gasteiger partial charge is 0.0903 e. The minimum Gasteiger partial charge on any atom is -0.0903 e. The van der Waals surface area contributed by atoms with Gasteiger partial charge in [-0.25, -0.2) is 0 Å². The molecule has 0 saturated heterocycles. The van der Waals surface area contributed by atoms with Crippen molar-refractivity contribution in [3.8, 4) is 0 Å². The van der Waals surface area contributed by atoms with Gasteiger partial charge in [0.25, 0.3) is 0 Å². The van der Waals surface area contributed by atoms with Gasteiger partial charge < -0.3 is 0 Å². The second-order valence-corrected chi connectivity index (χ2v) is 4.60. The van der Waals surface area contributed by atoms with Crippen molar-refractivity contribution < 1.29 is 0 Å². The summed E-state index contributed by atoms with van der Waals surface area (Å²) in [6.45, 7) is 6.69. The van der Waals surface area contributed by atoms with Gasteiger partial charge >= 0.3 is 0 Å². The minimum absolute atomic E-state index is 0.244. The number of hydrogen-bond acceptors (Lipinski definition) is 1. The molecule has 0 N–H and O–H groups in total. The second kappa shape index (κ2) is 4.52. The molecule has 0 spiro atoms. The Kier molecular flexibility index (Phi) is 3.61. The molecular formula is C10H19N3. The van der Waals surface area contributed by atoms with Crippen molar-refractivity contribution in [1.29, 1.82) is 0 Å². The number of hydrogen-bond donors (Lipinski definition) is 0. The van der Waals surface area contributed by atoms with Gasteiger partial charge in [-0.1, -0.05) is 32.3 Å². The maximum Gasteiger partial charge on any atom is 0.0407 e. The molecule has 0 radical (unpaired) electrons. The summed E-state index contributed by atoms with van der Waals surface area (Å²) in [5.74, 6) is 1.97. The van der Waals surface area contributed by atoms with Crippen molar-refractivity contribution in [2.24, 2.45) is 22.9 Å². The van der Waals surface area contributed by atoms with Gasteiger partial charge in [-0.2, -0.15) is 0 Å². The first-order chi connectivity index (χ1) is 6.15. The van der Waals surface area contributed by atoms with E-state index in [1.54, 1.807) is 0 Å². The van der Waals surface area contributed by atoms with Crippen molar-refractivity contribution in [3.63, 3.8) is 0 Å². The zero-order valence-corrected chi connectivity index (χ0v) is 8.77. The molecule has 0 amide bonds. The van der Waals surface area contributed by atoms with E-state index in [9.17, 15) is 0 Å². The summed E-state index contributed by atoms with van der Waals surface area (Å²) < 4.78 is 0. The quantitative estimate of drug-likeness (QED) is 0.354. The van der Waals surface area contributed by atoms with E-state index in [4.69, 9.17) is 5.53 Å². The fourth-order valence-electron chi connectivity index (χ4n) is 2.35. The lowest BCUT2D eigenvalue weighted by Gasteiger charge is -2.34. The van der Waals surface area contributed by atoms with Crippen LogP contribution in [0.1, 0.15) is 40.0 Å². The fourth-order valence-corrected chi connectivity index (χ4v) is 2.35. The van der Waals surface area contributed by atoms with Crippen LogP contribution in [0, 0.1) is 17.8 Å². The summed E-state index contributed by atoms with van der Waals surface area (Å²) in [6, 6.07) is 0.244. The van der Waals surface area contributed by atoms with Crippen molar-refractivity contribution in [2.75, 3.05) is 0 Å². The molecule has 1 saturated carbocycles. The molecule has 3 nitrogen and oxygen atoms in total. The number of nitrogens with zero attached hydrogens (tertiary/aromatic N) is 3. The Labute approximate surface area is 80.2 Å². The summed E-state index contributed by atoms with van der Waals surface area (Å²) in [6.07, 6.45) is 3.59. The van der Waals surface area contributed by atoms with Crippen LogP contribution in [-0.4, -0.2) is 6.04 Å². The van der Waals surface area contributed by atoms with E-state index in [-0.39, 0.29) is 6.04 Å². The van der Waals surface area contributed by atoms with Crippen LogP contribution in [-0.2, 0) is 0 Å². The topological polar surface area (TPSA) is 48.8 Å². The Balaban J connectivity index is 2.65. The van der Waals surface area contributed by atoms with E-state index >= 15 is 0 Å². The number of azide groups is 1. The maximum atomic E-state index is 8.46. The third kappa shape index (κ3) is 2.63. The molecule has 1 unspecified atom stereocenters. The predicted octanol–water partition coefficient (Wildman–Crippen LogP) is 3.76. The van der Waals surface area contributed by atoms with E-state index in [0.29, 0.717) is 11.8 Å². The molecule has 3 atom stereocenters.